The molecule has 4 aromatic rings. The van der Waals surface area contributed by atoms with Crippen molar-refractivity contribution in [1.82, 2.24) is 25.0 Å². The SMILES string of the molecule is CCOC(=O)c1ccc(NC(=O)N2Cc3[nH]cnc3C[C@H]2c2nc(-c3ccc(OC(F)(F)F)cc3)no2)cc1. The Morgan fingerprint density at radius 1 is 1.15 bits per heavy atom. The van der Waals surface area contributed by atoms with Gasteiger partial charge in [-0.05, 0) is 55.5 Å². The van der Waals surface area contributed by atoms with Crippen molar-refractivity contribution in [1.29, 1.82) is 0 Å². The van der Waals surface area contributed by atoms with Gasteiger partial charge in [0.25, 0.3) is 0 Å². The zero-order valence-corrected chi connectivity index (χ0v) is 20.4. The van der Waals surface area contributed by atoms with E-state index in [9.17, 15) is 22.8 Å². The fraction of sp³-hybridized carbons (Fsp3) is 0.240. The van der Waals surface area contributed by atoms with Gasteiger partial charge in [-0.1, -0.05) is 5.16 Å². The molecular formula is C25H21F3N6O5. The maximum Gasteiger partial charge on any atom is 0.573 e. The molecule has 0 radical (unpaired) electrons. The fourth-order valence-corrected chi connectivity index (χ4v) is 4.06. The molecule has 2 aromatic heterocycles. The number of nitrogens with one attached hydrogen (secondary N) is 2. The number of aromatic amines is 1. The number of halogens is 3. The number of H-pyrrole nitrogens is 1. The smallest absolute Gasteiger partial charge is 0.462 e. The fourth-order valence-electron chi connectivity index (χ4n) is 4.06. The maximum atomic E-state index is 13.3. The largest absolute Gasteiger partial charge is 0.573 e. The zero-order valence-electron chi connectivity index (χ0n) is 20.4. The molecule has 0 saturated heterocycles. The number of esters is 1. The molecule has 0 bridgehead atoms. The average Bonchev–Trinajstić information content (AvgIpc) is 3.57. The second-order valence-corrected chi connectivity index (χ2v) is 8.43. The summed E-state index contributed by atoms with van der Waals surface area (Å²) in [5.74, 6) is -0.590. The summed E-state index contributed by atoms with van der Waals surface area (Å²) in [6, 6.07) is 10.1. The van der Waals surface area contributed by atoms with Crippen LogP contribution in [-0.4, -0.2) is 50.0 Å². The highest BCUT2D eigenvalue weighted by molar-refractivity contribution is 5.92. The minimum atomic E-state index is -4.81. The summed E-state index contributed by atoms with van der Waals surface area (Å²) in [4.78, 5) is 38.4. The molecule has 39 heavy (non-hydrogen) atoms. The van der Waals surface area contributed by atoms with Crippen LogP contribution in [0.25, 0.3) is 11.4 Å². The molecule has 14 heteroatoms. The number of hydrogen-bond acceptors (Lipinski definition) is 8. The van der Waals surface area contributed by atoms with Gasteiger partial charge < -0.3 is 29.2 Å². The Hall–Kier alpha value is -4.88. The molecule has 0 saturated carbocycles. The van der Waals surface area contributed by atoms with Crippen molar-refractivity contribution < 1.29 is 36.8 Å². The monoisotopic (exact) mass is 542 g/mol. The van der Waals surface area contributed by atoms with E-state index in [1.165, 1.54) is 23.4 Å². The number of fused-ring (bicyclic) bond motifs is 1. The molecule has 2 aromatic carbocycles. The zero-order chi connectivity index (χ0) is 27.6. The van der Waals surface area contributed by atoms with E-state index in [2.05, 4.69) is 30.2 Å². The number of anilines is 1. The molecule has 202 valence electrons. The molecule has 0 spiro atoms. The first kappa shape index (κ1) is 25.8. The number of urea groups is 1. The predicted octanol–water partition coefficient (Wildman–Crippen LogP) is 4.87. The van der Waals surface area contributed by atoms with Crippen molar-refractivity contribution in [3.63, 3.8) is 0 Å². The summed E-state index contributed by atoms with van der Waals surface area (Å²) in [6.45, 7) is 2.13. The average molecular weight is 542 g/mol. The van der Waals surface area contributed by atoms with E-state index < -0.39 is 24.4 Å². The summed E-state index contributed by atoms with van der Waals surface area (Å²) in [5.41, 5.74) is 2.68. The first-order chi connectivity index (χ1) is 18.7. The molecule has 0 unspecified atom stereocenters. The van der Waals surface area contributed by atoms with Crippen LogP contribution in [0.2, 0.25) is 0 Å². The number of benzene rings is 2. The molecule has 3 heterocycles. The quantitative estimate of drug-likeness (QED) is 0.330. The van der Waals surface area contributed by atoms with Crippen LogP contribution in [-0.2, 0) is 17.7 Å². The lowest BCUT2D eigenvalue weighted by atomic mass is 10.0. The number of ether oxygens (including phenoxy) is 2. The van der Waals surface area contributed by atoms with Gasteiger partial charge in [-0.25, -0.2) is 14.6 Å². The number of alkyl halides is 3. The van der Waals surface area contributed by atoms with Crippen LogP contribution in [0.15, 0.2) is 59.4 Å². The lowest BCUT2D eigenvalue weighted by molar-refractivity contribution is -0.274. The number of nitrogens with zero attached hydrogens (tertiary/aromatic N) is 4. The molecule has 1 aliphatic heterocycles. The van der Waals surface area contributed by atoms with Crippen LogP contribution in [0, 0.1) is 0 Å². The standard InChI is InChI=1S/C25H21F3N6O5/c1-2-37-23(35)15-3-7-16(8-4-15)31-24(36)34-12-19-18(29-13-30-19)11-20(34)22-32-21(33-39-22)14-5-9-17(10-6-14)38-25(26,27)28/h3-10,13,20H,2,11-12H2,1H3,(H,29,30)(H,31,36)/t20-/m0/s1. The summed E-state index contributed by atoms with van der Waals surface area (Å²) in [7, 11) is 0. The lowest BCUT2D eigenvalue weighted by Crippen LogP contribution is -2.41. The van der Waals surface area contributed by atoms with E-state index in [0.717, 1.165) is 23.5 Å². The van der Waals surface area contributed by atoms with Crippen molar-refractivity contribution in [2.45, 2.75) is 32.3 Å². The maximum absolute atomic E-state index is 13.3. The van der Waals surface area contributed by atoms with Crippen LogP contribution >= 0.6 is 0 Å². The van der Waals surface area contributed by atoms with Gasteiger partial charge in [0.05, 0.1) is 36.4 Å². The number of imidazole rings is 1. The predicted molar refractivity (Wildman–Crippen MR) is 128 cm³/mol. The van der Waals surface area contributed by atoms with E-state index >= 15 is 0 Å². The first-order valence-corrected chi connectivity index (χ1v) is 11.8. The number of amides is 2. The Morgan fingerprint density at radius 2 is 1.90 bits per heavy atom. The Balaban J connectivity index is 1.35. The highest BCUT2D eigenvalue weighted by Crippen LogP contribution is 2.33. The highest BCUT2D eigenvalue weighted by Gasteiger charge is 2.36. The van der Waals surface area contributed by atoms with Gasteiger partial charge in [0, 0.05) is 17.7 Å². The van der Waals surface area contributed by atoms with E-state index in [1.54, 1.807) is 31.2 Å². The molecule has 5 rings (SSSR count). The molecule has 2 amide bonds. The Morgan fingerprint density at radius 3 is 2.59 bits per heavy atom. The second-order valence-electron chi connectivity index (χ2n) is 8.43. The van der Waals surface area contributed by atoms with Gasteiger partial charge in [-0.2, -0.15) is 4.98 Å². The summed E-state index contributed by atoms with van der Waals surface area (Å²) >= 11 is 0. The van der Waals surface area contributed by atoms with Crippen LogP contribution in [0.4, 0.5) is 23.7 Å². The first-order valence-electron chi connectivity index (χ1n) is 11.8. The normalized spacial score (nSPS) is 15.0. The van der Waals surface area contributed by atoms with Crippen molar-refractivity contribution >= 4 is 17.7 Å². The van der Waals surface area contributed by atoms with Crippen LogP contribution in [0.3, 0.4) is 0 Å². The molecule has 11 nitrogen and oxygen atoms in total. The lowest BCUT2D eigenvalue weighted by Gasteiger charge is -2.32. The van der Waals surface area contributed by atoms with Crippen molar-refractivity contribution in [3.8, 4) is 17.1 Å². The van der Waals surface area contributed by atoms with E-state index in [4.69, 9.17) is 9.26 Å². The van der Waals surface area contributed by atoms with Gasteiger partial charge in [0.15, 0.2) is 0 Å². The Kier molecular flexibility index (Phi) is 6.92. The minimum Gasteiger partial charge on any atom is -0.462 e. The minimum absolute atomic E-state index is 0.127. The van der Waals surface area contributed by atoms with Crippen LogP contribution < -0.4 is 10.1 Å². The summed E-state index contributed by atoms with van der Waals surface area (Å²) in [5, 5.41) is 6.75. The van der Waals surface area contributed by atoms with Crippen LogP contribution in [0.5, 0.6) is 5.75 Å². The summed E-state index contributed by atoms with van der Waals surface area (Å²) in [6.07, 6.45) is -2.99. The van der Waals surface area contributed by atoms with Gasteiger partial charge >= 0.3 is 18.4 Å². The van der Waals surface area contributed by atoms with E-state index in [1.807, 2.05) is 0 Å². The number of aromatic nitrogens is 4. The highest BCUT2D eigenvalue weighted by atomic mass is 19.4. The Labute approximate surface area is 218 Å². The van der Waals surface area contributed by atoms with Crippen molar-refractivity contribution in [3.05, 3.63) is 77.7 Å². The number of carbonyl (C=O) groups excluding carboxylic acids is 2. The third-order valence-corrected chi connectivity index (χ3v) is 5.88. The van der Waals surface area contributed by atoms with Gasteiger partial charge in [-0.3, -0.25) is 0 Å². The molecule has 2 N–H and O–H groups in total. The number of carbonyl (C=O) groups is 2. The van der Waals surface area contributed by atoms with Crippen molar-refractivity contribution in [2.75, 3.05) is 11.9 Å². The van der Waals surface area contributed by atoms with Crippen molar-refractivity contribution in [2.24, 2.45) is 0 Å². The topological polar surface area (TPSA) is 135 Å². The van der Waals surface area contributed by atoms with Crippen LogP contribution in [0.1, 0.15) is 40.6 Å². The third kappa shape index (κ3) is 5.84. The second kappa shape index (κ2) is 10.5. The molecule has 1 aliphatic rings. The van der Waals surface area contributed by atoms with E-state index in [-0.39, 0.29) is 37.0 Å². The van der Waals surface area contributed by atoms with Gasteiger partial charge in [-0.15, -0.1) is 13.2 Å². The van der Waals surface area contributed by atoms with Gasteiger partial charge in [0.2, 0.25) is 11.7 Å². The number of hydrogen-bond donors (Lipinski definition) is 2. The van der Waals surface area contributed by atoms with Gasteiger partial charge in [0.1, 0.15) is 11.8 Å². The summed E-state index contributed by atoms with van der Waals surface area (Å²) < 4.78 is 51.7. The van der Waals surface area contributed by atoms with E-state index in [0.29, 0.717) is 16.8 Å². The molecule has 0 aliphatic carbocycles. The molecule has 1 atom stereocenters. The molecular weight excluding hydrogens is 521 g/mol. The number of rotatable bonds is 6. The Bertz CT molecular complexity index is 1470. The third-order valence-electron chi connectivity index (χ3n) is 5.88. The molecule has 0 fully saturated rings.